The van der Waals surface area contributed by atoms with Gasteiger partial charge in [0.05, 0.1) is 5.56 Å². The van der Waals surface area contributed by atoms with Crippen molar-refractivity contribution in [1.82, 2.24) is 5.32 Å². The zero-order chi connectivity index (χ0) is 22.0. The van der Waals surface area contributed by atoms with E-state index in [4.69, 9.17) is 9.29 Å². The summed E-state index contributed by atoms with van der Waals surface area (Å²) >= 11 is 0. The van der Waals surface area contributed by atoms with Crippen molar-refractivity contribution in [3.8, 4) is 11.5 Å². The van der Waals surface area contributed by atoms with Crippen molar-refractivity contribution in [2.45, 2.75) is 32.3 Å². The molecule has 8 nitrogen and oxygen atoms in total. The Labute approximate surface area is 176 Å². The average Bonchev–Trinajstić information content (AvgIpc) is 2.70. The van der Waals surface area contributed by atoms with Gasteiger partial charge in [0, 0.05) is 13.0 Å². The fourth-order valence-corrected chi connectivity index (χ4v) is 3.28. The highest BCUT2D eigenvalue weighted by molar-refractivity contribution is 7.80. The molecule has 0 unspecified atom stereocenters. The third-order valence-corrected chi connectivity index (χ3v) is 4.74. The van der Waals surface area contributed by atoms with Crippen molar-refractivity contribution in [1.29, 1.82) is 0 Å². The van der Waals surface area contributed by atoms with Gasteiger partial charge >= 0.3 is 10.4 Å². The Morgan fingerprint density at radius 3 is 2.57 bits per heavy atom. The maximum Gasteiger partial charge on any atom is 0.397 e. The lowest BCUT2D eigenvalue weighted by Gasteiger charge is -2.18. The summed E-state index contributed by atoms with van der Waals surface area (Å²) in [6.45, 7) is 2.49. The van der Waals surface area contributed by atoms with Crippen molar-refractivity contribution in [2.75, 3.05) is 19.7 Å². The van der Waals surface area contributed by atoms with Crippen LogP contribution < -0.4 is 10.1 Å². The second kappa shape index (κ2) is 11.7. The summed E-state index contributed by atoms with van der Waals surface area (Å²) in [6.07, 6.45) is 0.585. The third-order valence-electron chi connectivity index (χ3n) is 4.23. The molecule has 30 heavy (non-hydrogen) atoms. The van der Waals surface area contributed by atoms with E-state index >= 15 is 0 Å². The fourth-order valence-electron chi connectivity index (χ4n) is 2.81. The lowest BCUT2D eigenvalue weighted by molar-refractivity contribution is 0.0963. The van der Waals surface area contributed by atoms with Crippen LogP contribution >= 0.6 is 0 Å². The number of benzene rings is 2. The Kier molecular flexibility index (Phi) is 9.25. The van der Waals surface area contributed by atoms with E-state index in [0.717, 1.165) is 12.0 Å². The number of Topliss-reactive ketones (excluding diaryl/α,β-unsaturated/α-hetero) is 1. The molecule has 1 atom stereocenters. The summed E-state index contributed by atoms with van der Waals surface area (Å²) in [4.78, 5) is 12.7. The Morgan fingerprint density at radius 1 is 1.17 bits per heavy atom. The quantitative estimate of drug-likeness (QED) is 0.248. The number of hydrogen-bond acceptors (Lipinski definition) is 7. The number of hydrogen-bond donors (Lipinski definition) is 3. The molecule has 0 radical (unpaired) electrons. The second-order valence-electron chi connectivity index (χ2n) is 6.75. The van der Waals surface area contributed by atoms with Crippen molar-refractivity contribution >= 4 is 16.2 Å². The monoisotopic (exact) mass is 437 g/mol. The van der Waals surface area contributed by atoms with Gasteiger partial charge in [-0.05, 0) is 43.1 Å². The highest BCUT2D eigenvalue weighted by Gasteiger charge is 2.20. The van der Waals surface area contributed by atoms with Gasteiger partial charge in [0.2, 0.25) is 0 Å². The molecule has 0 fully saturated rings. The Bertz CT molecular complexity index is 916. The number of ketones is 1. The number of carbonyl (C=O) groups excluding carboxylic acids is 1. The molecule has 164 valence electrons. The van der Waals surface area contributed by atoms with Crippen LogP contribution in [0.15, 0.2) is 48.5 Å². The van der Waals surface area contributed by atoms with Gasteiger partial charge in [0.25, 0.3) is 0 Å². The van der Waals surface area contributed by atoms with E-state index < -0.39 is 16.5 Å². The van der Waals surface area contributed by atoms with Crippen molar-refractivity contribution < 1.29 is 31.8 Å². The number of aromatic hydroxyl groups is 1. The summed E-state index contributed by atoms with van der Waals surface area (Å²) in [7, 11) is -4.66. The van der Waals surface area contributed by atoms with E-state index in [9.17, 15) is 18.3 Å². The zero-order valence-electron chi connectivity index (χ0n) is 16.8. The Balaban J connectivity index is 2.07. The summed E-state index contributed by atoms with van der Waals surface area (Å²) in [6, 6.07) is 13.7. The minimum atomic E-state index is -4.66. The standard InChI is InChI=1S/C21H27NO7S/c1-2-12-22-14-18(29-30(25,26)27)15-28-21-11-9-17(23)13-19(21)20(24)10-8-16-6-4-3-5-7-16/h3-7,9,11,13,18,22-23H,2,8,10,12,14-15H2,1H3,(H,25,26,27)/t18-/m0/s1. The maximum absolute atomic E-state index is 12.7. The van der Waals surface area contributed by atoms with Crippen LogP contribution in [0.1, 0.15) is 35.7 Å². The summed E-state index contributed by atoms with van der Waals surface area (Å²) < 4.78 is 41.4. The largest absolute Gasteiger partial charge is 0.508 e. The van der Waals surface area contributed by atoms with E-state index in [2.05, 4.69) is 9.50 Å². The van der Waals surface area contributed by atoms with Gasteiger partial charge in [-0.25, -0.2) is 4.18 Å². The van der Waals surface area contributed by atoms with Gasteiger partial charge < -0.3 is 15.2 Å². The number of aryl methyl sites for hydroxylation is 1. The van der Waals surface area contributed by atoms with Gasteiger partial charge in [-0.1, -0.05) is 37.3 Å². The number of carbonyl (C=O) groups is 1. The second-order valence-corrected chi connectivity index (χ2v) is 7.80. The van der Waals surface area contributed by atoms with Crippen molar-refractivity contribution in [2.24, 2.45) is 0 Å². The van der Waals surface area contributed by atoms with E-state index in [-0.39, 0.29) is 42.4 Å². The lowest BCUT2D eigenvalue weighted by Crippen LogP contribution is -2.36. The molecule has 0 aliphatic heterocycles. The number of ether oxygens (including phenoxy) is 1. The Morgan fingerprint density at radius 2 is 1.90 bits per heavy atom. The molecule has 0 aromatic heterocycles. The predicted octanol–water partition coefficient (Wildman–Crippen LogP) is 2.77. The van der Waals surface area contributed by atoms with E-state index in [1.165, 1.54) is 18.2 Å². The number of phenolic OH excluding ortho intramolecular Hbond substituents is 1. The maximum atomic E-state index is 12.7. The SMILES string of the molecule is CCCNC[C@@H](COc1ccc(O)cc1C(=O)CCc1ccccc1)OS(=O)(=O)O. The molecule has 9 heteroatoms. The summed E-state index contributed by atoms with van der Waals surface area (Å²) in [5.41, 5.74) is 1.20. The molecular formula is C21H27NO7S. The van der Waals surface area contributed by atoms with Crippen molar-refractivity contribution in [3.05, 3.63) is 59.7 Å². The topological polar surface area (TPSA) is 122 Å². The minimum absolute atomic E-state index is 0.0826. The van der Waals surface area contributed by atoms with E-state index in [1.54, 1.807) is 0 Å². The molecular weight excluding hydrogens is 410 g/mol. The highest BCUT2D eigenvalue weighted by atomic mass is 32.3. The van der Waals surface area contributed by atoms with Crippen LogP contribution in [-0.2, 0) is 21.0 Å². The van der Waals surface area contributed by atoms with Crippen LogP contribution in [0.4, 0.5) is 0 Å². The molecule has 0 aliphatic rings. The smallest absolute Gasteiger partial charge is 0.397 e. The van der Waals surface area contributed by atoms with Crippen LogP contribution in [0.2, 0.25) is 0 Å². The minimum Gasteiger partial charge on any atom is -0.508 e. The van der Waals surface area contributed by atoms with Crippen LogP contribution in [0.5, 0.6) is 11.5 Å². The first-order valence-corrected chi connectivity index (χ1v) is 11.0. The molecule has 2 rings (SSSR count). The van der Waals surface area contributed by atoms with Gasteiger partial charge in [0.1, 0.15) is 24.2 Å². The molecule has 0 heterocycles. The predicted molar refractivity (Wildman–Crippen MR) is 112 cm³/mol. The molecule has 0 spiro atoms. The van der Waals surface area contributed by atoms with Gasteiger partial charge in [0.15, 0.2) is 5.78 Å². The fraction of sp³-hybridized carbons (Fsp3) is 0.381. The first-order valence-electron chi connectivity index (χ1n) is 9.68. The highest BCUT2D eigenvalue weighted by Crippen LogP contribution is 2.26. The molecule has 0 aliphatic carbocycles. The van der Waals surface area contributed by atoms with E-state index in [0.29, 0.717) is 13.0 Å². The lowest BCUT2D eigenvalue weighted by atomic mass is 10.0. The molecule has 3 N–H and O–H groups in total. The van der Waals surface area contributed by atoms with Gasteiger partial charge in [-0.15, -0.1) is 0 Å². The van der Waals surface area contributed by atoms with Gasteiger partial charge in [-0.2, -0.15) is 8.42 Å². The molecule has 0 bridgehead atoms. The zero-order valence-corrected chi connectivity index (χ0v) is 17.6. The number of rotatable bonds is 13. The normalized spacial score (nSPS) is 12.5. The first-order chi connectivity index (χ1) is 14.3. The van der Waals surface area contributed by atoms with Crippen LogP contribution in [0, 0.1) is 0 Å². The van der Waals surface area contributed by atoms with Crippen LogP contribution in [0.25, 0.3) is 0 Å². The van der Waals surface area contributed by atoms with Crippen LogP contribution in [0.3, 0.4) is 0 Å². The number of phenols is 1. The van der Waals surface area contributed by atoms with Crippen molar-refractivity contribution in [3.63, 3.8) is 0 Å². The Hall–Kier alpha value is -2.46. The van der Waals surface area contributed by atoms with Crippen LogP contribution in [-0.4, -0.2) is 49.7 Å². The number of nitrogens with one attached hydrogen (secondary N) is 1. The van der Waals surface area contributed by atoms with E-state index in [1.807, 2.05) is 37.3 Å². The first kappa shape index (κ1) is 23.8. The van der Waals surface area contributed by atoms with Gasteiger partial charge in [-0.3, -0.25) is 9.35 Å². The molecule has 2 aromatic rings. The third kappa shape index (κ3) is 8.50. The summed E-state index contributed by atoms with van der Waals surface area (Å²) in [5, 5.41) is 12.8. The molecule has 0 saturated carbocycles. The summed E-state index contributed by atoms with van der Waals surface area (Å²) in [5.74, 6) is -0.104. The molecule has 0 amide bonds. The average molecular weight is 438 g/mol. The molecule has 0 saturated heterocycles. The molecule has 2 aromatic carbocycles.